The van der Waals surface area contributed by atoms with Gasteiger partial charge >= 0.3 is 0 Å². The second kappa shape index (κ2) is 6.76. The van der Waals surface area contributed by atoms with Crippen molar-refractivity contribution in [3.63, 3.8) is 0 Å². The van der Waals surface area contributed by atoms with E-state index in [1.165, 1.54) is 5.56 Å². The Kier molecular flexibility index (Phi) is 5.02. The Morgan fingerprint density at radius 1 is 0.952 bits per heavy atom. The molecule has 4 heteroatoms. The fourth-order valence-electron chi connectivity index (χ4n) is 2.14. The van der Waals surface area contributed by atoms with Crippen LogP contribution in [0.5, 0.6) is 0 Å². The molecule has 0 aromatic heterocycles. The quantitative estimate of drug-likeness (QED) is 0.799. The van der Waals surface area contributed by atoms with Crippen LogP contribution < -0.4 is 5.32 Å². The highest BCUT2D eigenvalue weighted by Gasteiger charge is 2.11. The summed E-state index contributed by atoms with van der Waals surface area (Å²) in [6, 6.07) is 10.2. The van der Waals surface area contributed by atoms with Crippen molar-refractivity contribution in [2.45, 2.75) is 32.9 Å². The van der Waals surface area contributed by atoms with E-state index in [9.17, 15) is 13.2 Å². The molecule has 0 heterocycles. The van der Waals surface area contributed by atoms with Crippen LogP contribution in [0.3, 0.4) is 0 Å². The lowest BCUT2D eigenvalue weighted by molar-refractivity contribution is 0.443. The summed E-state index contributed by atoms with van der Waals surface area (Å²) in [6.45, 7) is 4.33. The predicted molar refractivity (Wildman–Crippen MR) is 77.4 cm³/mol. The second-order valence-electron chi connectivity index (χ2n) is 5.07. The molecule has 1 N–H and O–H groups in total. The molecular weight excluding hydrogens is 275 g/mol. The maximum Gasteiger partial charge on any atom is 0.194 e. The van der Waals surface area contributed by atoms with E-state index in [2.05, 4.69) is 24.4 Å². The van der Waals surface area contributed by atoms with E-state index >= 15 is 0 Å². The molecule has 0 radical (unpaired) electrons. The Balaban J connectivity index is 2.01. The maximum atomic E-state index is 13.1. The van der Waals surface area contributed by atoms with Crippen molar-refractivity contribution in [2.75, 3.05) is 0 Å². The molecule has 21 heavy (non-hydrogen) atoms. The molecular formula is C17H18F3N. The summed E-state index contributed by atoms with van der Waals surface area (Å²) in [5, 5.41) is 3.17. The first-order valence-electron chi connectivity index (χ1n) is 6.97. The predicted octanol–water partition coefficient (Wildman–Crippen LogP) is 4.52. The lowest BCUT2D eigenvalue weighted by atomic mass is 10.0. The molecule has 0 saturated heterocycles. The summed E-state index contributed by atoms with van der Waals surface area (Å²) < 4.78 is 39.1. The SMILES string of the molecule is CCc1ccc(C(C)NCc2cc(F)c(F)c(F)c2)cc1. The van der Waals surface area contributed by atoms with Crippen LogP contribution in [0.1, 0.15) is 36.6 Å². The standard InChI is InChI=1S/C17H18F3N/c1-3-12-4-6-14(7-5-12)11(2)21-10-13-8-15(18)17(20)16(19)9-13/h4-9,11,21H,3,10H2,1-2H3. The van der Waals surface area contributed by atoms with Gasteiger partial charge in [0.15, 0.2) is 17.5 Å². The first-order chi connectivity index (χ1) is 10.0. The summed E-state index contributed by atoms with van der Waals surface area (Å²) in [7, 11) is 0. The Morgan fingerprint density at radius 2 is 1.52 bits per heavy atom. The van der Waals surface area contributed by atoms with Crippen molar-refractivity contribution in [3.05, 3.63) is 70.5 Å². The van der Waals surface area contributed by atoms with Crippen molar-refractivity contribution in [1.82, 2.24) is 5.32 Å². The minimum atomic E-state index is -1.43. The molecule has 0 amide bonds. The molecule has 0 aliphatic heterocycles. The minimum Gasteiger partial charge on any atom is -0.306 e. The van der Waals surface area contributed by atoms with Crippen LogP contribution in [0.25, 0.3) is 0 Å². The fraction of sp³-hybridized carbons (Fsp3) is 0.294. The number of hydrogen-bond donors (Lipinski definition) is 1. The van der Waals surface area contributed by atoms with Crippen LogP contribution in [0.15, 0.2) is 36.4 Å². The first kappa shape index (κ1) is 15.6. The molecule has 0 saturated carbocycles. The van der Waals surface area contributed by atoms with Crippen LogP contribution in [-0.4, -0.2) is 0 Å². The molecule has 2 aromatic carbocycles. The van der Waals surface area contributed by atoms with Gasteiger partial charge in [0.1, 0.15) is 0 Å². The molecule has 0 spiro atoms. The Morgan fingerprint density at radius 3 is 2.05 bits per heavy atom. The van der Waals surface area contributed by atoms with Crippen molar-refractivity contribution in [2.24, 2.45) is 0 Å². The topological polar surface area (TPSA) is 12.0 Å². The summed E-state index contributed by atoms with van der Waals surface area (Å²) in [5.41, 5.74) is 2.73. The highest BCUT2D eigenvalue weighted by Crippen LogP contribution is 2.17. The normalized spacial score (nSPS) is 12.4. The van der Waals surface area contributed by atoms with E-state index in [0.29, 0.717) is 5.56 Å². The molecule has 2 rings (SSSR count). The van der Waals surface area contributed by atoms with E-state index in [1.807, 2.05) is 19.1 Å². The molecule has 112 valence electrons. The molecule has 0 fully saturated rings. The third kappa shape index (κ3) is 3.85. The van der Waals surface area contributed by atoms with Gasteiger partial charge in [-0.15, -0.1) is 0 Å². The minimum absolute atomic E-state index is 0.0343. The molecule has 1 unspecified atom stereocenters. The number of hydrogen-bond acceptors (Lipinski definition) is 1. The van der Waals surface area contributed by atoms with Crippen molar-refractivity contribution in [1.29, 1.82) is 0 Å². The highest BCUT2D eigenvalue weighted by molar-refractivity contribution is 5.25. The van der Waals surface area contributed by atoms with Gasteiger partial charge < -0.3 is 5.32 Å². The summed E-state index contributed by atoms with van der Waals surface area (Å²) in [5.74, 6) is -3.75. The van der Waals surface area contributed by atoms with Crippen molar-refractivity contribution < 1.29 is 13.2 Å². The molecule has 1 nitrogen and oxygen atoms in total. The zero-order valence-electron chi connectivity index (χ0n) is 12.1. The average molecular weight is 293 g/mol. The smallest absolute Gasteiger partial charge is 0.194 e. The van der Waals surface area contributed by atoms with E-state index in [1.54, 1.807) is 0 Å². The summed E-state index contributed by atoms with van der Waals surface area (Å²) in [6.07, 6.45) is 0.982. The zero-order valence-corrected chi connectivity index (χ0v) is 12.1. The monoisotopic (exact) mass is 293 g/mol. The number of benzene rings is 2. The van der Waals surface area contributed by atoms with Crippen LogP contribution in [0, 0.1) is 17.5 Å². The molecule has 2 aromatic rings. The maximum absolute atomic E-state index is 13.1. The van der Waals surface area contributed by atoms with Gasteiger partial charge in [-0.25, -0.2) is 13.2 Å². The lowest BCUT2D eigenvalue weighted by Crippen LogP contribution is -2.18. The van der Waals surface area contributed by atoms with Crippen LogP contribution >= 0.6 is 0 Å². The van der Waals surface area contributed by atoms with Gasteiger partial charge in [-0.1, -0.05) is 31.2 Å². The van der Waals surface area contributed by atoms with Crippen LogP contribution in [0.2, 0.25) is 0 Å². The van der Waals surface area contributed by atoms with Gasteiger partial charge in [0.2, 0.25) is 0 Å². The van der Waals surface area contributed by atoms with Gasteiger partial charge in [-0.3, -0.25) is 0 Å². The van der Waals surface area contributed by atoms with Gasteiger partial charge in [0.05, 0.1) is 0 Å². The molecule has 0 bridgehead atoms. The van der Waals surface area contributed by atoms with Gasteiger partial charge in [-0.05, 0) is 42.2 Å². The van der Waals surface area contributed by atoms with Gasteiger partial charge in [0.25, 0.3) is 0 Å². The van der Waals surface area contributed by atoms with E-state index in [0.717, 1.165) is 24.1 Å². The Labute approximate surface area is 122 Å². The molecule has 1 atom stereocenters. The third-order valence-electron chi connectivity index (χ3n) is 3.54. The third-order valence-corrected chi connectivity index (χ3v) is 3.54. The number of rotatable bonds is 5. The van der Waals surface area contributed by atoms with Crippen LogP contribution in [-0.2, 0) is 13.0 Å². The summed E-state index contributed by atoms with van der Waals surface area (Å²) >= 11 is 0. The highest BCUT2D eigenvalue weighted by atomic mass is 19.2. The number of aryl methyl sites for hydroxylation is 1. The first-order valence-corrected chi connectivity index (χ1v) is 6.97. The van der Waals surface area contributed by atoms with Crippen molar-refractivity contribution >= 4 is 0 Å². The Bertz CT molecular complexity index is 585. The van der Waals surface area contributed by atoms with E-state index < -0.39 is 17.5 Å². The molecule has 0 aliphatic carbocycles. The zero-order chi connectivity index (χ0) is 15.4. The van der Waals surface area contributed by atoms with E-state index in [-0.39, 0.29) is 12.6 Å². The van der Waals surface area contributed by atoms with Crippen LogP contribution in [0.4, 0.5) is 13.2 Å². The lowest BCUT2D eigenvalue weighted by Gasteiger charge is -2.15. The second-order valence-corrected chi connectivity index (χ2v) is 5.07. The number of nitrogens with one attached hydrogen (secondary N) is 1. The fourth-order valence-corrected chi connectivity index (χ4v) is 2.14. The van der Waals surface area contributed by atoms with Crippen molar-refractivity contribution in [3.8, 4) is 0 Å². The van der Waals surface area contributed by atoms with E-state index in [4.69, 9.17) is 0 Å². The van der Waals surface area contributed by atoms with Gasteiger partial charge in [0, 0.05) is 12.6 Å². The van der Waals surface area contributed by atoms with Gasteiger partial charge in [-0.2, -0.15) is 0 Å². The largest absolute Gasteiger partial charge is 0.306 e. The number of halogens is 3. The summed E-state index contributed by atoms with van der Waals surface area (Å²) in [4.78, 5) is 0. The Hall–Kier alpha value is -1.81. The molecule has 0 aliphatic rings. The average Bonchev–Trinajstić information content (AvgIpc) is 2.50.